The van der Waals surface area contributed by atoms with Crippen LogP contribution in [0, 0.1) is 17.0 Å². The molecule has 0 radical (unpaired) electrons. The summed E-state index contributed by atoms with van der Waals surface area (Å²) in [5.74, 6) is -3.55. The first-order valence-electron chi connectivity index (χ1n) is 17.1. The number of carbonyl (C=O) groups excluding carboxylic acids is 3. The van der Waals surface area contributed by atoms with E-state index in [1.165, 1.54) is 29.0 Å². The van der Waals surface area contributed by atoms with Crippen molar-refractivity contribution in [1.29, 1.82) is 0 Å². The normalized spacial score (nSPS) is 13.2. The molecule has 0 saturated heterocycles. The molecule has 50 heavy (non-hydrogen) atoms. The molecule has 0 unspecified atom stereocenters. The number of hydrogen-bond donors (Lipinski definition) is 3. The van der Waals surface area contributed by atoms with Gasteiger partial charge in [0.05, 0.1) is 0 Å². The van der Waals surface area contributed by atoms with Gasteiger partial charge in [0.25, 0.3) is 0 Å². The summed E-state index contributed by atoms with van der Waals surface area (Å²) in [5.41, 5.74) is 8.47. The molecule has 3 aromatic carbocycles. The van der Waals surface area contributed by atoms with E-state index in [4.69, 9.17) is 5.73 Å². The molecule has 3 rings (SSSR count). The lowest BCUT2D eigenvalue weighted by Gasteiger charge is -2.35. The standard InChI is InChI=1S/C40H52F2N4O4/c1-7-40(43,8-2)22-12-15-36(48)45(5)35(24-28-16-19-31(20-17-28)30-13-10-9-11-14-30)38(50)46(6)34(37(49)44-26-39(3,4)27-47)25-29-18-21-32(41)33(42)23-29/h9-21,23,34-35,47H,7-8,22,24-27,43H2,1-6H3,(H,44,49)/t34-,35-/m1/s1. The lowest BCUT2D eigenvalue weighted by molar-refractivity contribution is -0.146. The van der Waals surface area contributed by atoms with Crippen LogP contribution >= 0.6 is 0 Å². The van der Waals surface area contributed by atoms with E-state index in [9.17, 15) is 28.3 Å². The molecule has 0 aliphatic rings. The average Bonchev–Trinajstić information content (AvgIpc) is 3.12. The van der Waals surface area contributed by atoms with E-state index < -0.39 is 52.4 Å². The molecule has 8 nitrogen and oxygen atoms in total. The average molecular weight is 691 g/mol. The monoisotopic (exact) mass is 690 g/mol. The summed E-state index contributed by atoms with van der Waals surface area (Å²) < 4.78 is 28.0. The van der Waals surface area contributed by atoms with Crippen LogP contribution in [0.4, 0.5) is 8.78 Å². The van der Waals surface area contributed by atoms with Crippen LogP contribution in [0.15, 0.2) is 84.9 Å². The molecule has 0 aliphatic carbocycles. The predicted octanol–water partition coefficient (Wildman–Crippen LogP) is 5.67. The Morgan fingerprint density at radius 3 is 2.00 bits per heavy atom. The highest BCUT2D eigenvalue weighted by atomic mass is 19.2. The zero-order chi connectivity index (χ0) is 37.1. The highest BCUT2D eigenvalue weighted by molar-refractivity contribution is 5.95. The fraction of sp³-hybridized carbons (Fsp3) is 0.425. The minimum Gasteiger partial charge on any atom is -0.396 e. The molecular weight excluding hydrogens is 638 g/mol. The molecule has 0 aromatic heterocycles. The minimum atomic E-state index is -1.14. The maximum atomic E-state index is 14.5. The highest BCUT2D eigenvalue weighted by Gasteiger charge is 2.35. The molecule has 0 aliphatic heterocycles. The number of carbonyl (C=O) groups is 3. The molecule has 10 heteroatoms. The molecule has 0 saturated carbocycles. The van der Waals surface area contributed by atoms with Crippen molar-refractivity contribution in [2.75, 3.05) is 27.2 Å². The van der Waals surface area contributed by atoms with E-state index in [0.29, 0.717) is 12.0 Å². The predicted molar refractivity (Wildman–Crippen MR) is 194 cm³/mol. The Morgan fingerprint density at radius 1 is 0.840 bits per heavy atom. The van der Waals surface area contributed by atoms with Crippen LogP contribution in [0.5, 0.6) is 0 Å². The van der Waals surface area contributed by atoms with Crippen molar-refractivity contribution in [2.24, 2.45) is 11.1 Å². The first-order valence-corrected chi connectivity index (χ1v) is 17.1. The number of aliphatic hydroxyl groups excluding tert-OH is 1. The maximum absolute atomic E-state index is 14.5. The fourth-order valence-electron chi connectivity index (χ4n) is 5.47. The summed E-state index contributed by atoms with van der Waals surface area (Å²) in [6.07, 6.45) is 5.14. The van der Waals surface area contributed by atoms with E-state index in [-0.39, 0.29) is 26.0 Å². The van der Waals surface area contributed by atoms with Crippen molar-refractivity contribution in [3.63, 3.8) is 0 Å². The van der Waals surface area contributed by atoms with Crippen LogP contribution in [0.3, 0.4) is 0 Å². The Kier molecular flexibility index (Phi) is 14.4. The Bertz CT molecular complexity index is 1610. The van der Waals surface area contributed by atoms with Crippen LogP contribution in [-0.4, -0.2) is 77.5 Å². The molecule has 2 atom stereocenters. The summed E-state index contributed by atoms with van der Waals surface area (Å²) >= 11 is 0. The fourth-order valence-corrected chi connectivity index (χ4v) is 5.47. The second kappa shape index (κ2) is 18.0. The Balaban J connectivity index is 1.98. The van der Waals surface area contributed by atoms with Crippen LogP contribution in [0.1, 0.15) is 58.1 Å². The van der Waals surface area contributed by atoms with Crippen molar-refractivity contribution < 1.29 is 28.3 Å². The molecule has 0 spiro atoms. The third-order valence-electron chi connectivity index (χ3n) is 9.48. The van der Waals surface area contributed by atoms with Gasteiger partial charge >= 0.3 is 0 Å². The molecular formula is C40H52F2N4O4. The molecule has 270 valence electrons. The summed E-state index contributed by atoms with van der Waals surface area (Å²) in [5, 5.41) is 12.5. The number of aliphatic hydroxyl groups is 1. The first-order chi connectivity index (χ1) is 23.6. The maximum Gasteiger partial charge on any atom is 0.246 e. The van der Waals surface area contributed by atoms with E-state index in [1.54, 1.807) is 27.0 Å². The van der Waals surface area contributed by atoms with Gasteiger partial charge in [-0.05, 0) is 59.7 Å². The topological polar surface area (TPSA) is 116 Å². The summed E-state index contributed by atoms with van der Waals surface area (Å²) in [6, 6.07) is 18.8. The Hall–Kier alpha value is -4.41. The summed E-state index contributed by atoms with van der Waals surface area (Å²) in [4.78, 5) is 44.3. The minimum absolute atomic E-state index is 0.108. The van der Waals surface area contributed by atoms with E-state index >= 15 is 0 Å². The quantitative estimate of drug-likeness (QED) is 0.158. The summed E-state index contributed by atoms with van der Waals surface area (Å²) in [7, 11) is 3.01. The van der Waals surface area contributed by atoms with E-state index in [2.05, 4.69) is 5.32 Å². The van der Waals surface area contributed by atoms with Gasteiger partial charge in [0, 0.05) is 51.0 Å². The van der Waals surface area contributed by atoms with Crippen molar-refractivity contribution in [3.05, 3.63) is 108 Å². The smallest absolute Gasteiger partial charge is 0.246 e. The van der Waals surface area contributed by atoms with Gasteiger partial charge in [-0.1, -0.05) is 94.4 Å². The van der Waals surface area contributed by atoms with Crippen molar-refractivity contribution in [1.82, 2.24) is 15.1 Å². The number of halogens is 2. The van der Waals surface area contributed by atoms with Gasteiger partial charge in [-0.3, -0.25) is 14.4 Å². The van der Waals surface area contributed by atoms with Gasteiger partial charge in [-0.2, -0.15) is 0 Å². The number of benzene rings is 3. The largest absolute Gasteiger partial charge is 0.396 e. The van der Waals surface area contributed by atoms with Crippen LogP contribution in [-0.2, 0) is 27.2 Å². The van der Waals surface area contributed by atoms with Gasteiger partial charge in [-0.25, -0.2) is 8.78 Å². The second-order valence-corrected chi connectivity index (χ2v) is 13.9. The van der Waals surface area contributed by atoms with Crippen molar-refractivity contribution >= 4 is 17.7 Å². The third kappa shape index (κ3) is 11.1. The third-order valence-corrected chi connectivity index (χ3v) is 9.48. The second-order valence-electron chi connectivity index (χ2n) is 13.9. The Labute approximate surface area is 295 Å². The number of hydrogen-bond acceptors (Lipinski definition) is 5. The van der Waals surface area contributed by atoms with Crippen LogP contribution < -0.4 is 11.1 Å². The number of amides is 3. The van der Waals surface area contributed by atoms with Crippen LogP contribution in [0.25, 0.3) is 11.1 Å². The molecule has 4 N–H and O–H groups in total. The number of nitrogens with one attached hydrogen (secondary N) is 1. The SMILES string of the molecule is CCC(N)(CC)CC=CC(=O)N(C)[C@H](Cc1ccc(-c2ccccc2)cc1)C(=O)N(C)[C@H](Cc1ccc(F)c(F)c1)C(=O)NCC(C)(C)CO. The van der Waals surface area contributed by atoms with Crippen molar-refractivity contribution in [2.45, 2.75) is 77.4 Å². The first kappa shape index (κ1) is 40.0. The zero-order valence-corrected chi connectivity index (χ0v) is 30.1. The van der Waals surface area contributed by atoms with Crippen molar-refractivity contribution in [3.8, 4) is 11.1 Å². The molecule has 0 heterocycles. The van der Waals surface area contributed by atoms with Gasteiger partial charge in [0.1, 0.15) is 12.1 Å². The zero-order valence-electron chi connectivity index (χ0n) is 30.1. The lowest BCUT2D eigenvalue weighted by atomic mass is 9.90. The number of nitrogens with zero attached hydrogens (tertiary/aromatic N) is 2. The molecule has 3 amide bonds. The van der Waals surface area contributed by atoms with Gasteiger partial charge in [0.15, 0.2) is 11.6 Å². The lowest BCUT2D eigenvalue weighted by Crippen LogP contribution is -2.56. The summed E-state index contributed by atoms with van der Waals surface area (Å²) in [6.45, 7) is 7.46. The molecule has 3 aromatic rings. The van der Waals surface area contributed by atoms with E-state index in [1.807, 2.05) is 68.4 Å². The van der Waals surface area contributed by atoms with Gasteiger partial charge < -0.3 is 26.0 Å². The highest BCUT2D eigenvalue weighted by Crippen LogP contribution is 2.23. The number of likely N-dealkylation sites (N-methyl/N-ethyl adjacent to an activating group) is 2. The van der Waals surface area contributed by atoms with E-state index in [0.717, 1.165) is 41.7 Å². The van der Waals surface area contributed by atoms with Crippen LogP contribution in [0.2, 0.25) is 0 Å². The number of nitrogens with two attached hydrogens (primary N) is 1. The Morgan fingerprint density at radius 2 is 1.42 bits per heavy atom. The molecule has 0 bridgehead atoms. The van der Waals surface area contributed by atoms with Gasteiger partial charge in [-0.15, -0.1) is 0 Å². The number of rotatable bonds is 17. The van der Waals surface area contributed by atoms with Gasteiger partial charge in [0.2, 0.25) is 17.7 Å². The molecule has 0 fully saturated rings.